The zero-order valence-corrected chi connectivity index (χ0v) is 23.2. The second kappa shape index (κ2) is 9.36. The van der Waals surface area contributed by atoms with Crippen molar-refractivity contribution >= 4 is 72.7 Å². The zero-order chi connectivity index (χ0) is 25.7. The number of benzene rings is 1. The Kier molecular flexibility index (Phi) is 6.15. The van der Waals surface area contributed by atoms with Gasteiger partial charge < -0.3 is 9.84 Å². The maximum Gasteiger partial charge on any atom is 0.412 e. The lowest BCUT2D eigenvalue weighted by atomic mass is 10.1. The quantitative estimate of drug-likeness (QED) is 0.206. The lowest BCUT2D eigenvalue weighted by Crippen LogP contribution is -2.17. The molecule has 6 rings (SSSR count). The Morgan fingerprint density at radius 2 is 1.70 bits per heavy atom. The maximum absolute atomic E-state index is 12.7. The first-order chi connectivity index (χ1) is 17.8. The molecule has 0 radical (unpaired) electrons. The first-order valence-corrected chi connectivity index (χ1v) is 14.9. The van der Waals surface area contributed by atoms with E-state index in [0.717, 1.165) is 45.0 Å². The van der Waals surface area contributed by atoms with Gasteiger partial charge in [-0.25, -0.2) is 4.79 Å². The standard InChI is InChI=1S/C27H22N2O4S4/c1-14-23(28-26(32)33-15(2)16-6-4-3-5-7-16)24(37-29-14)21-13-20-19(35-21)12-18(34-20)17-8-9-22(36-17)27(10-11-27)25(30)31/h3-9,12-13,15H,10-11H2,1-2H3,(H,28,32)(H,30,31). The van der Waals surface area contributed by atoms with Crippen LogP contribution in [0.5, 0.6) is 0 Å². The average Bonchev–Trinajstić information content (AvgIpc) is 3.19. The maximum atomic E-state index is 12.7. The third-order valence-electron chi connectivity index (χ3n) is 6.55. The Labute approximate surface area is 229 Å². The van der Waals surface area contributed by atoms with E-state index in [-0.39, 0.29) is 6.10 Å². The number of nitrogens with one attached hydrogen (secondary N) is 1. The minimum absolute atomic E-state index is 0.370. The summed E-state index contributed by atoms with van der Waals surface area (Å²) in [5.74, 6) is -0.722. The number of amides is 1. The van der Waals surface area contributed by atoms with Gasteiger partial charge in [0.25, 0.3) is 0 Å². The first kappa shape index (κ1) is 24.3. The van der Waals surface area contributed by atoms with Gasteiger partial charge in [-0.3, -0.25) is 10.1 Å². The number of carboxylic acids is 1. The van der Waals surface area contributed by atoms with Gasteiger partial charge in [0.05, 0.1) is 21.1 Å². The second-order valence-corrected chi connectivity index (χ2v) is 13.1. The Balaban J connectivity index is 1.21. The van der Waals surface area contributed by atoms with E-state index in [2.05, 4.69) is 21.8 Å². The number of nitrogens with zero attached hydrogens (tertiary/aromatic N) is 1. The molecule has 1 atom stereocenters. The molecule has 2 N–H and O–H groups in total. The van der Waals surface area contributed by atoms with E-state index >= 15 is 0 Å². The SMILES string of the molecule is Cc1nsc(-c2cc3sc(-c4ccc(C5(C(=O)O)CC5)s4)cc3s2)c1NC(=O)OC(C)c1ccccc1. The molecular weight excluding hydrogens is 545 g/mol. The molecule has 0 saturated heterocycles. The molecular formula is C27H22N2O4S4. The molecule has 1 saturated carbocycles. The number of aromatic nitrogens is 1. The van der Waals surface area contributed by atoms with Crippen molar-refractivity contribution in [1.82, 2.24) is 4.37 Å². The van der Waals surface area contributed by atoms with Gasteiger partial charge in [0, 0.05) is 24.0 Å². The molecule has 1 fully saturated rings. The highest BCUT2D eigenvalue weighted by molar-refractivity contribution is 7.33. The molecule has 0 spiro atoms. The van der Waals surface area contributed by atoms with E-state index in [4.69, 9.17) is 4.74 Å². The molecule has 1 aliphatic rings. The van der Waals surface area contributed by atoms with Crippen LogP contribution in [0.1, 0.15) is 42.0 Å². The Bertz CT molecular complexity index is 1590. The summed E-state index contributed by atoms with van der Waals surface area (Å²) in [5.41, 5.74) is 1.69. The molecule has 1 aliphatic carbocycles. The van der Waals surface area contributed by atoms with Crippen LogP contribution in [-0.4, -0.2) is 21.5 Å². The van der Waals surface area contributed by atoms with Gasteiger partial charge in [-0.15, -0.1) is 34.0 Å². The fourth-order valence-corrected chi connectivity index (χ4v) is 8.92. The van der Waals surface area contributed by atoms with Crippen LogP contribution in [0.15, 0.2) is 54.6 Å². The number of ether oxygens (including phenoxy) is 1. The fourth-order valence-electron chi connectivity index (χ4n) is 4.26. The van der Waals surface area contributed by atoms with Crippen LogP contribution in [0, 0.1) is 6.92 Å². The number of anilines is 1. The lowest BCUT2D eigenvalue weighted by molar-refractivity contribution is -0.139. The number of thiophene rings is 3. The van der Waals surface area contributed by atoms with E-state index in [0.29, 0.717) is 18.5 Å². The summed E-state index contributed by atoms with van der Waals surface area (Å²) in [6.07, 6.45) is 0.554. The number of aliphatic carboxylic acids is 1. The van der Waals surface area contributed by atoms with Gasteiger partial charge in [0.2, 0.25) is 0 Å². The van der Waals surface area contributed by atoms with Crippen LogP contribution in [-0.2, 0) is 14.9 Å². The van der Waals surface area contributed by atoms with Crippen molar-refractivity contribution in [2.75, 3.05) is 5.32 Å². The number of fused-ring (bicyclic) bond motifs is 1. The number of carbonyl (C=O) groups is 2. The molecule has 4 heterocycles. The van der Waals surface area contributed by atoms with Crippen LogP contribution in [0.4, 0.5) is 10.5 Å². The molecule has 37 heavy (non-hydrogen) atoms. The Morgan fingerprint density at radius 3 is 2.41 bits per heavy atom. The summed E-state index contributed by atoms with van der Waals surface area (Å²) in [5, 5.41) is 12.5. The molecule has 1 aromatic carbocycles. The molecule has 10 heteroatoms. The smallest absolute Gasteiger partial charge is 0.412 e. The van der Waals surface area contributed by atoms with Crippen LogP contribution in [0.25, 0.3) is 28.9 Å². The van der Waals surface area contributed by atoms with Crippen molar-refractivity contribution in [2.45, 2.75) is 38.2 Å². The molecule has 5 aromatic rings. The van der Waals surface area contributed by atoms with Crippen molar-refractivity contribution in [3.63, 3.8) is 0 Å². The Morgan fingerprint density at radius 1 is 1.00 bits per heavy atom. The van der Waals surface area contributed by atoms with Crippen LogP contribution in [0.3, 0.4) is 0 Å². The zero-order valence-electron chi connectivity index (χ0n) is 19.9. The topological polar surface area (TPSA) is 88.5 Å². The molecule has 188 valence electrons. The summed E-state index contributed by atoms with van der Waals surface area (Å²) in [6, 6.07) is 17.9. The monoisotopic (exact) mass is 566 g/mol. The highest BCUT2D eigenvalue weighted by atomic mass is 32.1. The summed E-state index contributed by atoms with van der Waals surface area (Å²) < 4.78 is 12.4. The molecule has 0 bridgehead atoms. The number of hydrogen-bond acceptors (Lipinski definition) is 8. The van der Waals surface area contributed by atoms with Crippen LogP contribution in [0.2, 0.25) is 0 Å². The molecule has 1 unspecified atom stereocenters. The van der Waals surface area contributed by atoms with Crippen molar-refractivity contribution in [3.05, 3.63) is 70.7 Å². The summed E-state index contributed by atoms with van der Waals surface area (Å²) in [6.45, 7) is 3.73. The number of rotatable bonds is 7. The predicted octanol–water partition coefficient (Wildman–Crippen LogP) is 8.55. The Hall–Kier alpha value is -3.05. The van der Waals surface area contributed by atoms with Gasteiger partial charge in [-0.1, -0.05) is 30.3 Å². The van der Waals surface area contributed by atoms with Crippen molar-refractivity contribution < 1.29 is 19.4 Å². The molecule has 0 aliphatic heterocycles. The van der Waals surface area contributed by atoms with E-state index in [1.165, 1.54) is 11.5 Å². The van der Waals surface area contributed by atoms with E-state index in [9.17, 15) is 14.7 Å². The van der Waals surface area contributed by atoms with Gasteiger partial charge >= 0.3 is 12.1 Å². The fraction of sp³-hybridized carbons (Fsp3) is 0.222. The molecule has 4 aromatic heterocycles. The normalized spacial score (nSPS) is 15.0. The highest BCUT2D eigenvalue weighted by Crippen LogP contribution is 2.53. The van der Waals surface area contributed by atoms with Crippen molar-refractivity contribution in [3.8, 4) is 19.5 Å². The number of hydrogen-bond donors (Lipinski definition) is 2. The summed E-state index contributed by atoms with van der Waals surface area (Å²) in [7, 11) is 0. The largest absolute Gasteiger partial charge is 0.481 e. The van der Waals surface area contributed by atoms with Crippen LogP contribution >= 0.6 is 45.5 Å². The highest BCUT2D eigenvalue weighted by Gasteiger charge is 2.52. The van der Waals surface area contributed by atoms with E-state index < -0.39 is 17.5 Å². The second-order valence-electron chi connectivity index (χ2n) is 9.06. The summed E-state index contributed by atoms with van der Waals surface area (Å²) >= 11 is 6.30. The minimum Gasteiger partial charge on any atom is -0.481 e. The number of carbonyl (C=O) groups excluding carboxylic acids is 1. The third kappa shape index (κ3) is 4.48. The van der Waals surface area contributed by atoms with Gasteiger partial charge in [-0.05, 0) is 68.1 Å². The predicted molar refractivity (Wildman–Crippen MR) is 152 cm³/mol. The van der Waals surface area contributed by atoms with Crippen molar-refractivity contribution in [2.24, 2.45) is 0 Å². The minimum atomic E-state index is -0.722. The van der Waals surface area contributed by atoms with Crippen molar-refractivity contribution in [1.29, 1.82) is 0 Å². The first-order valence-electron chi connectivity index (χ1n) is 11.7. The van der Waals surface area contributed by atoms with Gasteiger partial charge in [-0.2, -0.15) is 4.37 Å². The molecule has 1 amide bonds. The summed E-state index contributed by atoms with van der Waals surface area (Å²) in [4.78, 5) is 29.5. The average molecular weight is 567 g/mol. The number of aryl methyl sites for hydroxylation is 1. The third-order valence-corrected chi connectivity index (χ3v) is 11.5. The van der Waals surface area contributed by atoms with Gasteiger partial charge in [0.15, 0.2) is 0 Å². The van der Waals surface area contributed by atoms with Crippen LogP contribution < -0.4 is 5.32 Å². The molecule has 6 nitrogen and oxygen atoms in total. The van der Waals surface area contributed by atoms with Gasteiger partial charge in [0.1, 0.15) is 11.5 Å². The van der Waals surface area contributed by atoms with E-state index in [1.54, 1.807) is 34.0 Å². The van der Waals surface area contributed by atoms with E-state index in [1.807, 2.05) is 56.3 Å². The number of carboxylic acid groups (broad SMARTS) is 1. The lowest BCUT2D eigenvalue weighted by Gasteiger charge is -2.14.